The first-order chi connectivity index (χ1) is 18.5. The van der Waals surface area contributed by atoms with Crippen molar-refractivity contribution in [1.29, 1.82) is 0 Å². The Morgan fingerprint density at radius 3 is 2.58 bits per heavy atom. The van der Waals surface area contributed by atoms with Gasteiger partial charge in [0.05, 0.1) is 31.2 Å². The molecule has 0 saturated carbocycles. The van der Waals surface area contributed by atoms with Gasteiger partial charge in [-0.15, -0.1) is 0 Å². The lowest BCUT2D eigenvalue weighted by molar-refractivity contribution is -0.121. The third kappa shape index (κ3) is 3.75. The molecule has 0 bridgehead atoms. The fourth-order valence-electron chi connectivity index (χ4n) is 5.87. The molecule has 0 spiro atoms. The number of hydrogen-bond acceptors (Lipinski definition) is 5. The van der Waals surface area contributed by atoms with Crippen LogP contribution in [0.5, 0.6) is 11.5 Å². The SMILES string of the molecule is COc1ccc(CNC(=O)Cn2c3c(c4ccccc42)CCN2C(=O)c4ccccc4N(C)[C@H]32)cc1OC. The molecule has 6 rings (SSSR count). The first-order valence-electron chi connectivity index (χ1n) is 12.7. The second kappa shape index (κ2) is 9.45. The van der Waals surface area contributed by atoms with Crippen molar-refractivity contribution >= 4 is 28.4 Å². The summed E-state index contributed by atoms with van der Waals surface area (Å²) in [5.74, 6) is 1.19. The summed E-state index contributed by atoms with van der Waals surface area (Å²) < 4.78 is 12.8. The molecule has 0 aliphatic carbocycles. The molecule has 2 aliphatic rings. The first-order valence-corrected chi connectivity index (χ1v) is 12.7. The highest BCUT2D eigenvalue weighted by Gasteiger charge is 2.42. The number of anilines is 1. The molecule has 1 atom stereocenters. The summed E-state index contributed by atoms with van der Waals surface area (Å²) in [6.07, 6.45) is 0.459. The molecule has 3 heterocycles. The summed E-state index contributed by atoms with van der Waals surface area (Å²) in [5.41, 5.74) is 5.74. The summed E-state index contributed by atoms with van der Waals surface area (Å²) in [5, 5.41) is 4.19. The first kappa shape index (κ1) is 23.9. The van der Waals surface area contributed by atoms with Gasteiger partial charge >= 0.3 is 0 Å². The van der Waals surface area contributed by atoms with Crippen LogP contribution in [-0.4, -0.2) is 49.1 Å². The van der Waals surface area contributed by atoms with Crippen LogP contribution < -0.4 is 19.7 Å². The van der Waals surface area contributed by atoms with E-state index in [2.05, 4.69) is 26.9 Å². The smallest absolute Gasteiger partial charge is 0.257 e. The highest BCUT2D eigenvalue weighted by atomic mass is 16.5. The number of aromatic nitrogens is 1. The predicted molar refractivity (Wildman–Crippen MR) is 146 cm³/mol. The maximum Gasteiger partial charge on any atom is 0.257 e. The molecule has 8 heteroatoms. The Kier molecular flexibility index (Phi) is 5.94. The number of amides is 2. The number of fused-ring (bicyclic) bond motifs is 6. The van der Waals surface area contributed by atoms with E-state index in [1.165, 1.54) is 5.56 Å². The maximum atomic E-state index is 13.5. The largest absolute Gasteiger partial charge is 0.493 e. The molecule has 2 amide bonds. The molecule has 3 aromatic carbocycles. The highest BCUT2D eigenvalue weighted by molar-refractivity contribution is 6.02. The van der Waals surface area contributed by atoms with E-state index in [0.717, 1.165) is 34.3 Å². The number of nitrogens with zero attached hydrogens (tertiary/aromatic N) is 3. The maximum absolute atomic E-state index is 13.5. The Morgan fingerprint density at radius 2 is 1.76 bits per heavy atom. The van der Waals surface area contributed by atoms with Gasteiger partial charge in [0.2, 0.25) is 5.91 Å². The number of carbonyl (C=O) groups is 2. The minimum absolute atomic E-state index is 0.0315. The van der Waals surface area contributed by atoms with E-state index in [1.807, 2.05) is 66.5 Å². The fraction of sp³-hybridized carbons (Fsp3) is 0.267. The van der Waals surface area contributed by atoms with Crippen molar-refractivity contribution in [3.05, 3.63) is 89.1 Å². The van der Waals surface area contributed by atoms with E-state index in [1.54, 1.807) is 14.2 Å². The van der Waals surface area contributed by atoms with Gasteiger partial charge in [0.1, 0.15) is 12.7 Å². The zero-order chi connectivity index (χ0) is 26.4. The zero-order valence-corrected chi connectivity index (χ0v) is 21.7. The summed E-state index contributed by atoms with van der Waals surface area (Å²) in [6, 6.07) is 21.5. The number of methoxy groups -OCH3 is 2. The van der Waals surface area contributed by atoms with E-state index in [9.17, 15) is 9.59 Å². The average molecular weight is 511 g/mol. The van der Waals surface area contributed by atoms with Gasteiger partial charge in [0.25, 0.3) is 5.91 Å². The van der Waals surface area contributed by atoms with Crippen molar-refractivity contribution < 1.29 is 19.1 Å². The van der Waals surface area contributed by atoms with Crippen LogP contribution >= 0.6 is 0 Å². The normalized spacial score (nSPS) is 16.1. The van der Waals surface area contributed by atoms with E-state index in [-0.39, 0.29) is 24.5 Å². The standard InChI is InChI=1S/C30H30N4O4/c1-32-23-10-6-5-9-22(23)30(36)33-15-14-21-20-8-4-7-11-24(20)34(28(21)29(32)33)18-27(35)31-17-19-12-13-25(37-2)26(16-19)38-3/h4-13,16,29H,14-15,17-18H2,1-3H3,(H,31,35)/t29-/m0/s1. The van der Waals surface area contributed by atoms with Crippen molar-refractivity contribution in [2.75, 3.05) is 32.7 Å². The Hall–Kier alpha value is -4.46. The van der Waals surface area contributed by atoms with Gasteiger partial charge in [-0.2, -0.15) is 0 Å². The van der Waals surface area contributed by atoms with Gasteiger partial charge in [-0.1, -0.05) is 36.4 Å². The molecular formula is C30H30N4O4. The van der Waals surface area contributed by atoms with Crippen LogP contribution in [0.4, 0.5) is 5.69 Å². The minimum atomic E-state index is -0.285. The van der Waals surface area contributed by atoms with Gasteiger partial charge < -0.3 is 29.2 Å². The molecule has 38 heavy (non-hydrogen) atoms. The lowest BCUT2D eigenvalue weighted by Gasteiger charge is -2.46. The molecule has 8 nitrogen and oxygen atoms in total. The lowest BCUT2D eigenvalue weighted by atomic mass is 9.96. The van der Waals surface area contributed by atoms with Gasteiger partial charge in [0.15, 0.2) is 11.5 Å². The van der Waals surface area contributed by atoms with Crippen LogP contribution in [0.15, 0.2) is 66.7 Å². The van der Waals surface area contributed by atoms with Crippen LogP contribution in [-0.2, 0) is 24.3 Å². The Bertz CT molecular complexity index is 1560. The Labute approximate surface area is 221 Å². The summed E-state index contributed by atoms with van der Waals surface area (Å²) in [4.78, 5) is 30.9. The van der Waals surface area contributed by atoms with Crippen molar-refractivity contribution in [3.63, 3.8) is 0 Å². The molecular weight excluding hydrogens is 480 g/mol. The van der Waals surface area contributed by atoms with Crippen molar-refractivity contribution in [2.45, 2.75) is 25.7 Å². The molecule has 0 saturated heterocycles. The van der Waals surface area contributed by atoms with E-state index < -0.39 is 0 Å². The molecule has 0 fully saturated rings. The van der Waals surface area contributed by atoms with E-state index >= 15 is 0 Å². The lowest BCUT2D eigenvalue weighted by Crippen LogP contribution is -2.51. The molecule has 0 radical (unpaired) electrons. The van der Waals surface area contributed by atoms with Crippen LogP contribution in [0.25, 0.3) is 10.9 Å². The third-order valence-corrected chi connectivity index (χ3v) is 7.64. The van der Waals surface area contributed by atoms with Crippen molar-refractivity contribution in [3.8, 4) is 11.5 Å². The van der Waals surface area contributed by atoms with Gasteiger partial charge in [-0.3, -0.25) is 9.59 Å². The number of para-hydroxylation sites is 2. The van der Waals surface area contributed by atoms with Crippen LogP contribution in [0.3, 0.4) is 0 Å². The molecule has 4 aromatic rings. The minimum Gasteiger partial charge on any atom is -0.493 e. The Balaban J connectivity index is 1.34. The summed E-state index contributed by atoms with van der Waals surface area (Å²) in [6.45, 7) is 1.15. The number of rotatable bonds is 6. The summed E-state index contributed by atoms with van der Waals surface area (Å²) in [7, 11) is 5.21. The average Bonchev–Trinajstić information content (AvgIpc) is 3.27. The van der Waals surface area contributed by atoms with Crippen LogP contribution in [0.2, 0.25) is 0 Å². The highest BCUT2D eigenvalue weighted by Crippen LogP contribution is 2.44. The van der Waals surface area contributed by atoms with Crippen molar-refractivity contribution in [1.82, 2.24) is 14.8 Å². The molecule has 1 N–H and O–H groups in total. The zero-order valence-electron chi connectivity index (χ0n) is 21.7. The van der Waals surface area contributed by atoms with Gasteiger partial charge in [0, 0.05) is 31.0 Å². The number of nitrogens with one attached hydrogen (secondary N) is 1. The number of ether oxygens (including phenoxy) is 2. The predicted octanol–water partition coefficient (Wildman–Crippen LogP) is 4.12. The van der Waals surface area contributed by atoms with E-state index in [0.29, 0.717) is 30.2 Å². The quantitative estimate of drug-likeness (QED) is 0.422. The number of hydrogen-bond donors (Lipinski definition) is 1. The second-order valence-electron chi connectivity index (χ2n) is 9.68. The topological polar surface area (TPSA) is 76.0 Å². The van der Waals surface area contributed by atoms with Crippen LogP contribution in [0.1, 0.15) is 33.3 Å². The van der Waals surface area contributed by atoms with E-state index in [4.69, 9.17) is 9.47 Å². The van der Waals surface area contributed by atoms with Crippen molar-refractivity contribution in [2.24, 2.45) is 0 Å². The van der Waals surface area contributed by atoms with Gasteiger partial charge in [-0.25, -0.2) is 0 Å². The van der Waals surface area contributed by atoms with Crippen LogP contribution in [0, 0.1) is 0 Å². The number of carbonyl (C=O) groups excluding carboxylic acids is 2. The van der Waals surface area contributed by atoms with Gasteiger partial charge in [-0.05, 0) is 47.9 Å². The molecule has 194 valence electrons. The number of benzene rings is 3. The Morgan fingerprint density at radius 1 is 1.00 bits per heavy atom. The fourth-order valence-corrected chi connectivity index (χ4v) is 5.87. The monoisotopic (exact) mass is 510 g/mol. The summed E-state index contributed by atoms with van der Waals surface area (Å²) >= 11 is 0. The second-order valence-corrected chi connectivity index (χ2v) is 9.68. The molecule has 2 aliphatic heterocycles. The molecule has 1 aromatic heterocycles. The molecule has 0 unspecified atom stereocenters. The third-order valence-electron chi connectivity index (χ3n) is 7.64.